The average Bonchev–Trinajstić information content (AvgIpc) is 3.07. The third kappa shape index (κ3) is 5.16. The van der Waals surface area contributed by atoms with Gasteiger partial charge in [-0.15, -0.1) is 0 Å². The zero-order valence-electron chi connectivity index (χ0n) is 15.1. The minimum absolute atomic E-state index is 0.0348. The maximum absolute atomic E-state index is 12.5. The van der Waals surface area contributed by atoms with Crippen molar-refractivity contribution in [3.63, 3.8) is 0 Å². The maximum Gasteiger partial charge on any atom is 0.422 e. The van der Waals surface area contributed by atoms with E-state index in [1.807, 2.05) is 30.3 Å². The van der Waals surface area contributed by atoms with Gasteiger partial charge in [0.25, 0.3) is 5.91 Å². The molecule has 1 fully saturated rings. The number of likely N-dealkylation sites (tertiary alicyclic amines) is 1. The summed E-state index contributed by atoms with van der Waals surface area (Å²) in [6.07, 6.45) is -4.46. The number of amides is 1. The van der Waals surface area contributed by atoms with Crippen molar-refractivity contribution in [3.05, 3.63) is 60.2 Å². The zero-order valence-corrected chi connectivity index (χ0v) is 15.1. The molecule has 2 N–H and O–H groups in total. The molecule has 0 saturated carbocycles. The van der Waals surface area contributed by atoms with Gasteiger partial charge in [-0.1, -0.05) is 42.5 Å². The molecule has 28 heavy (non-hydrogen) atoms. The van der Waals surface area contributed by atoms with Gasteiger partial charge in [-0.3, -0.25) is 4.79 Å². The Kier molecular flexibility index (Phi) is 6.08. The number of hydrogen-bond donors (Lipinski definition) is 1. The molecule has 0 unspecified atom stereocenters. The van der Waals surface area contributed by atoms with Crippen molar-refractivity contribution in [3.8, 4) is 11.5 Å². The van der Waals surface area contributed by atoms with E-state index in [0.29, 0.717) is 13.1 Å². The van der Waals surface area contributed by atoms with Crippen LogP contribution in [-0.2, 0) is 4.79 Å². The van der Waals surface area contributed by atoms with Crippen LogP contribution in [0.5, 0.6) is 11.5 Å². The lowest BCUT2D eigenvalue weighted by Crippen LogP contribution is -2.35. The molecule has 8 heteroatoms. The normalized spacial score (nSPS) is 19.5. The number of carbonyl (C=O) groups excluding carboxylic acids is 1. The van der Waals surface area contributed by atoms with Crippen molar-refractivity contribution >= 4 is 5.91 Å². The number of rotatable bonds is 6. The largest absolute Gasteiger partial charge is 0.480 e. The Hall–Kier alpha value is -2.74. The van der Waals surface area contributed by atoms with E-state index in [2.05, 4.69) is 0 Å². The lowest BCUT2D eigenvalue weighted by atomic mass is 9.95. The highest BCUT2D eigenvalue weighted by atomic mass is 19.4. The number of nitrogens with zero attached hydrogens (tertiary/aromatic N) is 1. The second-order valence-corrected chi connectivity index (χ2v) is 6.62. The second-order valence-electron chi connectivity index (χ2n) is 6.62. The average molecular weight is 394 g/mol. The summed E-state index contributed by atoms with van der Waals surface area (Å²) in [6, 6.07) is 15.5. The third-order valence-electron chi connectivity index (χ3n) is 4.54. The van der Waals surface area contributed by atoms with E-state index in [0.717, 1.165) is 5.56 Å². The van der Waals surface area contributed by atoms with Gasteiger partial charge in [0.05, 0.1) is 0 Å². The van der Waals surface area contributed by atoms with Crippen LogP contribution < -0.4 is 15.2 Å². The molecule has 3 rings (SSSR count). The van der Waals surface area contributed by atoms with Gasteiger partial charge in [-0.05, 0) is 17.7 Å². The fourth-order valence-corrected chi connectivity index (χ4v) is 3.16. The minimum atomic E-state index is -4.46. The molecule has 2 aromatic carbocycles. The molecule has 2 aromatic rings. The van der Waals surface area contributed by atoms with Crippen molar-refractivity contribution in [2.24, 2.45) is 5.73 Å². The van der Waals surface area contributed by atoms with Gasteiger partial charge in [0, 0.05) is 25.0 Å². The molecule has 0 aromatic heterocycles. The first-order valence-corrected chi connectivity index (χ1v) is 8.83. The fourth-order valence-electron chi connectivity index (χ4n) is 3.16. The Morgan fingerprint density at radius 1 is 1.00 bits per heavy atom. The Bertz CT molecular complexity index is 799. The molecule has 1 amide bonds. The van der Waals surface area contributed by atoms with Crippen molar-refractivity contribution in [1.82, 2.24) is 4.90 Å². The topological polar surface area (TPSA) is 64.8 Å². The molecular formula is C20H21F3N2O3. The van der Waals surface area contributed by atoms with Gasteiger partial charge in [0.2, 0.25) is 0 Å². The van der Waals surface area contributed by atoms with Crippen LogP contribution in [0.2, 0.25) is 0 Å². The highest BCUT2D eigenvalue weighted by Crippen LogP contribution is 2.29. The molecular weight excluding hydrogens is 373 g/mol. The Balaban J connectivity index is 1.58. The number of nitrogens with two attached hydrogens (primary N) is 1. The van der Waals surface area contributed by atoms with Gasteiger partial charge < -0.3 is 20.1 Å². The van der Waals surface area contributed by atoms with E-state index in [-0.39, 0.29) is 36.0 Å². The summed E-state index contributed by atoms with van der Waals surface area (Å²) in [6.45, 7) is -0.866. The number of benzene rings is 2. The summed E-state index contributed by atoms with van der Waals surface area (Å²) in [5.41, 5.74) is 7.26. The van der Waals surface area contributed by atoms with Gasteiger partial charge >= 0.3 is 6.18 Å². The quantitative estimate of drug-likeness (QED) is 0.818. The summed E-state index contributed by atoms with van der Waals surface area (Å²) < 4.78 is 47.3. The van der Waals surface area contributed by atoms with E-state index in [9.17, 15) is 18.0 Å². The number of alkyl halides is 3. The molecule has 1 saturated heterocycles. The van der Waals surface area contributed by atoms with Crippen LogP contribution in [-0.4, -0.2) is 49.3 Å². The van der Waals surface area contributed by atoms with E-state index in [1.54, 1.807) is 11.0 Å². The van der Waals surface area contributed by atoms with Crippen LogP contribution in [0, 0.1) is 0 Å². The maximum atomic E-state index is 12.5. The third-order valence-corrected chi connectivity index (χ3v) is 4.54. The molecule has 150 valence electrons. The summed E-state index contributed by atoms with van der Waals surface area (Å²) in [5, 5.41) is 0. The Morgan fingerprint density at radius 3 is 2.25 bits per heavy atom. The standard InChI is InChI=1S/C20H21F3N2O3/c21-20(22,23)13-28-18-9-5-4-8-17(18)27-12-19(26)25-10-15(16(24)11-25)14-6-2-1-3-7-14/h1-9,15-16H,10-13,24H2/t15-,16+/m0/s1. The first kappa shape index (κ1) is 20.0. The van der Waals surface area contributed by atoms with Gasteiger partial charge in [0.1, 0.15) is 0 Å². The van der Waals surface area contributed by atoms with Gasteiger partial charge in [-0.25, -0.2) is 0 Å². The smallest absolute Gasteiger partial charge is 0.422 e. The number of carbonyl (C=O) groups is 1. The highest BCUT2D eigenvalue weighted by molar-refractivity contribution is 5.78. The van der Waals surface area contributed by atoms with E-state index in [1.165, 1.54) is 18.2 Å². The SMILES string of the molecule is N[C@@H]1CN(C(=O)COc2ccccc2OCC(F)(F)F)C[C@H]1c1ccccc1. The minimum Gasteiger partial charge on any atom is -0.480 e. The molecule has 0 spiro atoms. The van der Waals surface area contributed by atoms with E-state index < -0.39 is 12.8 Å². The number of ether oxygens (including phenoxy) is 2. The van der Waals surface area contributed by atoms with Gasteiger partial charge in [-0.2, -0.15) is 13.2 Å². The zero-order chi connectivity index (χ0) is 20.1. The van der Waals surface area contributed by atoms with Crippen LogP contribution in [0.25, 0.3) is 0 Å². The molecule has 0 radical (unpaired) electrons. The van der Waals surface area contributed by atoms with E-state index >= 15 is 0 Å². The Morgan fingerprint density at radius 2 is 1.61 bits per heavy atom. The summed E-state index contributed by atoms with van der Waals surface area (Å²) >= 11 is 0. The first-order valence-electron chi connectivity index (χ1n) is 8.83. The molecule has 5 nitrogen and oxygen atoms in total. The van der Waals surface area contributed by atoms with Gasteiger partial charge in [0.15, 0.2) is 24.7 Å². The molecule has 0 bridgehead atoms. The molecule has 2 atom stereocenters. The number of hydrogen-bond acceptors (Lipinski definition) is 4. The predicted octanol–water partition coefficient (Wildman–Crippen LogP) is 2.96. The molecule has 1 aliphatic heterocycles. The van der Waals surface area contributed by atoms with Crippen molar-refractivity contribution in [1.29, 1.82) is 0 Å². The van der Waals surface area contributed by atoms with Crippen LogP contribution >= 0.6 is 0 Å². The van der Waals surface area contributed by atoms with Crippen LogP contribution in [0.15, 0.2) is 54.6 Å². The predicted molar refractivity (Wildman–Crippen MR) is 97.2 cm³/mol. The lowest BCUT2D eigenvalue weighted by Gasteiger charge is -2.18. The first-order chi connectivity index (χ1) is 13.3. The molecule has 1 heterocycles. The van der Waals surface area contributed by atoms with Crippen molar-refractivity contribution in [2.45, 2.75) is 18.1 Å². The molecule has 1 aliphatic rings. The number of halogens is 3. The monoisotopic (exact) mass is 394 g/mol. The fraction of sp³-hybridized carbons (Fsp3) is 0.350. The highest BCUT2D eigenvalue weighted by Gasteiger charge is 2.34. The summed E-state index contributed by atoms with van der Waals surface area (Å²) in [5.74, 6) is -0.219. The lowest BCUT2D eigenvalue weighted by molar-refractivity contribution is -0.153. The number of para-hydroxylation sites is 2. The van der Waals surface area contributed by atoms with Crippen LogP contribution in [0.4, 0.5) is 13.2 Å². The molecule has 0 aliphatic carbocycles. The summed E-state index contributed by atoms with van der Waals surface area (Å²) in [4.78, 5) is 14.1. The van der Waals surface area contributed by atoms with Crippen molar-refractivity contribution in [2.75, 3.05) is 26.3 Å². The van der Waals surface area contributed by atoms with Crippen molar-refractivity contribution < 1.29 is 27.4 Å². The van der Waals surface area contributed by atoms with E-state index in [4.69, 9.17) is 15.2 Å². The summed E-state index contributed by atoms with van der Waals surface area (Å²) in [7, 11) is 0. The van der Waals surface area contributed by atoms with Crippen LogP contribution in [0.3, 0.4) is 0 Å². The Labute approximate surface area is 160 Å². The second kappa shape index (κ2) is 8.52. The van der Waals surface area contributed by atoms with Crippen LogP contribution in [0.1, 0.15) is 11.5 Å².